The van der Waals surface area contributed by atoms with Crippen LogP contribution >= 0.6 is 0 Å². The highest BCUT2D eigenvalue weighted by molar-refractivity contribution is 5.76. The Labute approximate surface area is 139 Å². The van der Waals surface area contributed by atoms with E-state index in [1.807, 2.05) is 0 Å². The molecule has 0 unspecified atom stereocenters. The Morgan fingerprint density at radius 1 is 1.35 bits per heavy atom. The van der Waals surface area contributed by atoms with Crippen LogP contribution in [0.15, 0.2) is 30.3 Å². The average molecular weight is 316 g/mol. The molecule has 1 amide bonds. The van der Waals surface area contributed by atoms with Gasteiger partial charge < -0.3 is 10.1 Å². The number of carbonyl (C=O) groups is 1. The fourth-order valence-electron chi connectivity index (χ4n) is 3.66. The molecule has 4 nitrogen and oxygen atoms in total. The third kappa shape index (κ3) is 4.55. The molecule has 0 bridgehead atoms. The predicted octanol–water partition coefficient (Wildman–Crippen LogP) is 2.90. The summed E-state index contributed by atoms with van der Waals surface area (Å²) in [6, 6.07) is 11.3. The summed E-state index contributed by atoms with van der Waals surface area (Å²) >= 11 is 0. The van der Waals surface area contributed by atoms with E-state index in [0.29, 0.717) is 18.6 Å². The van der Waals surface area contributed by atoms with E-state index in [2.05, 4.69) is 47.5 Å². The summed E-state index contributed by atoms with van der Waals surface area (Å²) in [4.78, 5) is 14.6. The predicted molar refractivity (Wildman–Crippen MR) is 91.2 cm³/mol. The average Bonchev–Trinajstić information content (AvgIpc) is 3.25. The van der Waals surface area contributed by atoms with Gasteiger partial charge in [-0.25, -0.2) is 0 Å². The number of ether oxygens (including phenoxy) is 1. The molecule has 126 valence electrons. The van der Waals surface area contributed by atoms with E-state index < -0.39 is 0 Å². The van der Waals surface area contributed by atoms with Gasteiger partial charge in [0.1, 0.15) is 0 Å². The van der Waals surface area contributed by atoms with Crippen LogP contribution in [0.3, 0.4) is 0 Å². The molecular weight excluding hydrogens is 288 g/mol. The lowest BCUT2D eigenvalue weighted by Crippen LogP contribution is -2.37. The third-order valence-corrected chi connectivity index (χ3v) is 5.13. The first-order valence-electron chi connectivity index (χ1n) is 8.92. The van der Waals surface area contributed by atoms with Gasteiger partial charge in [-0.15, -0.1) is 0 Å². The van der Waals surface area contributed by atoms with Crippen LogP contribution in [-0.4, -0.2) is 42.6 Å². The number of rotatable bonds is 6. The summed E-state index contributed by atoms with van der Waals surface area (Å²) < 4.78 is 5.58. The first-order valence-corrected chi connectivity index (χ1v) is 8.92. The lowest BCUT2D eigenvalue weighted by Gasteiger charge is -2.24. The standard InChI is InChI=1S/C19H28N2O2/c1-15(16-6-3-2-4-7-16)21-12-11-17(14-21)20-19(22)10-9-18-8-5-13-23-18/h2-4,6-7,15,17-18H,5,8-14H2,1H3,(H,20,22)/t15-,17+,18-/m1/s1. The Balaban J connectivity index is 1.41. The normalized spacial score (nSPS) is 26.3. The lowest BCUT2D eigenvalue weighted by atomic mass is 10.1. The van der Waals surface area contributed by atoms with Gasteiger partial charge in [-0.1, -0.05) is 30.3 Å². The Kier molecular flexibility index (Phi) is 5.68. The molecule has 1 aromatic rings. The summed E-state index contributed by atoms with van der Waals surface area (Å²) in [7, 11) is 0. The number of hydrogen-bond acceptors (Lipinski definition) is 3. The van der Waals surface area contributed by atoms with Gasteiger partial charge >= 0.3 is 0 Å². The van der Waals surface area contributed by atoms with Crippen LogP contribution in [0.1, 0.15) is 50.6 Å². The molecule has 3 atom stereocenters. The fourth-order valence-corrected chi connectivity index (χ4v) is 3.66. The monoisotopic (exact) mass is 316 g/mol. The molecule has 4 heteroatoms. The highest BCUT2D eigenvalue weighted by Gasteiger charge is 2.28. The van der Waals surface area contributed by atoms with Crippen LogP contribution in [-0.2, 0) is 9.53 Å². The molecule has 0 aliphatic carbocycles. The fraction of sp³-hybridized carbons (Fsp3) is 0.632. The molecule has 2 aliphatic heterocycles. The van der Waals surface area contributed by atoms with E-state index in [1.165, 1.54) is 5.56 Å². The van der Waals surface area contributed by atoms with Crippen molar-refractivity contribution in [2.24, 2.45) is 0 Å². The maximum absolute atomic E-state index is 12.1. The van der Waals surface area contributed by atoms with Crippen molar-refractivity contribution in [2.45, 2.75) is 57.2 Å². The molecule has 2 heterocycles. The Morgan fingerprint density at radius 3 is 2.91 bits per heavy atom. The molecule has 3 rings (SSSR count). The second-order valence-electron chi connectivity index (χ2n) is 6.81. The Morgan fingerprint density at radius 2 is 2.17 bits per heavy atom. The third-order valence-electron chi connectivity index (χ3n) is 5.13. The highest BCUT2D eigenvalue weighted by Crippen LogP contribution is 2.24. The molecule has 23 heavy (non-hydrogen) atoms. The Bertz CT molecular complexity index is 499. The summed E-state index contributed by atoms with van der Waals surface area (Å²) in [5, 5.41) is 3.20. The lowest BCUT2D eigenvalue weighted by molar-refractivity contribution is -0.122. The number of likely N-dealkylation sites (tertiary alicyclic amines) is 1. The zero-order valence-electron chi connectivity index (χ0n) is 14.0. The first-order chi connectivity index (χ1) is 11.2. The van der Waals surface area contributed by atoms with Crippen molar-refractivity contribution < 1.29 is 9.53 Å². The van der Waals surface area contributed by atoms with E-state index in [4.69, 9.17) is 4.74 Å². The summed E-state index contributed by atoms with van der Waals surface area (Å²) in [5.74, 6) is 0.180. The van der Waals surface area contributed by atoms with Crippen LogP contribution in [0.25, 0.3) is 0 Å². The van der Waals surface area contributed by atoms with Crippen LogP contribution < -0.4 is 5.32 Å². The minimum absolute atomic E-state index is 0.180. The van der Waals surface area contributed by atoms with Gasteiger partial charge in [-0.05, 0) is 38.2 Å². The maximum Gasteiger partial charge on any atom is 0.220 e. The van der Waals surface area contributed by atoms with Crippen molar-refractivity contribution in [1.29, 1.82) is 0 Å². The van der Waals surface area contributed by atoms with Gasteiger partial charge in [0.2, 0.25) is 5.91 Å². The van der Waals surface area contributed by atoms with E-state index in [9.17, 15) is 4.79 Å². The molecule has 1 aromatic carbocycles. The van der Waals surface area contributed by atoms with Crippen molar-refractivity contribution in [3.05, 3.63) is 35.9 Å². The van der Waals surface area contributed by atoms with Gasteiger partial charge in [-0.3, -0.25) is 9.69 Å². The topological polar surface area (TPSA) is 41.6 Å². The number of benzene rings is 1. The minimum Gasteiger partial charge on any atom is -0.378 e. The summed E-state index contributed by atoms with van der Waals surface area (Å²) in [5.41, 5.74) is 1.35. The second kappa shape index (κ2) is 7.93. The van der Waals surface area contributed by atoms with E-state index in [-0.39, 0.29) is 11.9 Å². The minimum atomic E-state index is 0.180. The molecule has 1 N–H and O–H groups in total. The van der Waals surface area contributed by atoms with E-state index >= 15 is 0 Å². The van der Waals surface area contributed by atoms with Gasteiger partial charge in [-0.2, -0.15) is 0 Å². The van der Waals surface area contributed by atoms with Crippen LogP contribution in [0.5, 0.6) is 0 Å². The first kappa shape index (κ1) is 16.5. The van der Waals surface area contributed by atoms with Crippen molar-refractivity contribution in [3.63, 3.8) is 0 Å². The Hall–Kier alpha value is -1.39. The number of nitrogens with one attached hydrogen (secondary N) is 1. The van der Waals surface area contributed by atoms with Crippen molar-refractivity contribution in [3.8, 4) is 0 Å². The molecule has 2 fully saturated rings. The molecule has 0 spiro atoms. The van der Waals surface area contributed by atoms with Crippen LogP contribution in [0.4, 0.5) is 0 Å². The van der Waals surface area contributed by atoms with Crippen LogP contribution in [0.2, 0.25) is 0 Å². The molecule has 0 saturated carbocycles. The number of carbonyl (C=O) groups excluding carboxylic acids is 1. The summed E-state index contributed by atoms with van der Waals surface area (Å²) in [6.07, 6.45) is 5.06. The largest absolute Gasteiger partial charge is 0.378 e. The van der Waals surface area contributed by atoms with Gasteiger partial charge in [0.15, 0.2) is 0 Å². The smallest absolute Gasteiger partial charge is 0.220 e. The summed E-state index contributed by atoms with van der Waals surface area (Å²) in [6.45, 7) is 5.10. The van der Waals surface area contributed by atoms with Crippen molar-refractivity contribution in [1.82, 2.24) is 10.2 Å². The van der Waals surface area contributed by atoms with Gasteiger partial charge in [0, 0.05) is 38.2 Å². The van der Waals surface area contributed by atoms with Crippen molar-refractivity contribution >= 4 is 5.91 Å². The SMILES string of the molecule is C[C@H](c1ccccc1)N1CC[C@H](NC(=O)CC[C@H]2CCCO2)C1. The molecule has 0 radical (unpaired) electrons. The molecule has 2 saturated heterocycles. The quantitative estimate of drug-likeness (QED) is 0.877. The number of nitrogens with zero attached hydrogens (tertiary/aromatic N) is 1. The van der Waals surface area contributed by atoms with Crippen LogP contribution in [0, 0.1) is 0 Å². The molecule has 0 aromatic heterocycles. The van der Waals surface area contributed by atoms with Gasteiger partial charge in [0.25, 0.3) is 0 Å². The second-order valence-corrected chi connectivity index (χ2v) is 6.81. The van der Waals surface area contributed by atoms with Crippen molar-refractivity contribution in [2.75, 3.05) is 19.7 Å². The number of amides is 1. The molecule has 2 aliphatic rings. The maximum atomic E-state index is 12.1. The number of hydrogen-bond donors (Lipinski definition) is 1. The van der Waals surface area contributed by atoms with E-state index in [0.717, 1.165) is 45.4 Å². The highest BCUT2D eigenvalue weighted by atomic mass is 16.5. The molecular formula is C19H28N2O2. The zero-order chi connectivity index (χ0) is 16.1. The van der Waals surface area contributed by atoms with Gasteiger partial charge in [0.05, 0.1) is 6.10 Å². The zero-order valence-corrected chi connectivity index (χ0v) is 14.0. The van der Waals surface area contributed by atoms with E-state index in [1.54, 1.807) is 0 Å².